The van der Waals surface area contributed by atoms with Crippen LogP contribution in [0, 0.1) is 5.41 Å². The fourth-order valence-electron chi connectivity index (χ4n) is 4.13. The summed E-state index contributed by atoms with van der Waals surface area (Å²) in [5, 5.41) is 0. The molecule has 7 heteroatoms. The highest BCUT2D eigenvalue weighted by atomic mass is 16.7. The number of carbonyl (C=O) groups is 2. The Morgan fingerprint density at radius 2 is 1.41 bits per heavy atom. The molecule has 6 nitrogen and oxygen atoms in total. The molecule has 0 aromatic heterocycles. The summed E-state index contributed by atoms with van der Waals surface area (Å²) in [4.78, 5) is 29.4. The molecule has 2 fully saturated rings. The van der Waals surface area contributed by atoms with Crippen LogP contribution in [0.1, 0.15) is 47.0 Å². The molecule has 4 rings (SSSR count). The third kappa shape index (κ3) is 2.41. The molecule has 2 heterocycles. The van der Waals surface area contributed by atoms with Gasteiger partial charge in [0.2, 0.25) is 11.8 Å². The topological polar surface area (TPSA) is 59.1 Å². The van der Waals surface area contributed by atoms with Crippen molar-refractivity contribution >= 4 is 35.8 Å². The highest BCUT2D eigenvalue weighted by molar-refractivity contribution is 6.62. The molecular formula is C20H27BN2O4. The van der Waals surface area contributed by atoms with Gasteiger partial charge in [0, 0.05) is 14.1 Å². The van der Waals surface area contributed by atoms with Crippen LogP contribution in [0.15, 0.2) is 18.2 Å². The van der Waals surface area contributed by atoms with Crippen molar-refractivity contribution in [3.8, 4) is 0 Å². The largest absolute Gasteiger partial charge is 0.494 e. The Bertz CT molecular complexity index is 815. The fraction of sp³-hybridized carbons (Fsp3) is 0.600. The average molecular weight is 370 g/mol. The summed E-state index contributed by atoms with van der Waals surface area (Å²) in [6, 6.07) is 5.72. The Morgan fingerprint density at radius 1 is 0.889 bits per heavy atom. The molecule has 1 spiro atoms. The number of hydrogen-bond donors (Lipinski definition) is 0. The number of benzene rings is 1. The van der Waals surface area contributed by atoms with Crippen molar-refractivity contribution in [2.45, 2.75) is 58.2 Å². The Balaban J connectivity index is 1.75. The van der Waals surface area contributed by atoms with Crippen LogP contribution in [0.3, 0.4) is 0 Å². The normalized spacial score (nSPS) is 25.5. The van der Waals surface area contributed by atoms with Crippen LogP contribution in [-0.2, 0) is 18.9 Å². The average Bonchev–Trinajstić information content (AvgIpc) is 2.76. The first-order valence-electron chi connectivity index (χ1n) is 9.56. The van der Waals surface area contributed by atoms with Crippen LogP contribution in [0.5, 0.6) is 0 Å². The second-order valence-corrected chi connectivity index (χ2v) is 9.00. The lowest BCUT2D eigenvalue weighted by molar-refractivity contribution is -0.145. The third-order valence-corrected chi connectivity index (χ3v) is 6.88. The van der Waals surface area contributed by atoms with Crippen LogP contribution in [0.2, 0.25) is 0 Å². The van der Waals surface area contributed by atoms with E-state index in [2.05, 4.69) is 0 Å². The predicted octanol–water partition coefficient (Wildman–Crippen LogP) is 2.10. The lowest BCUT2D eigenvalue weighted by Crippen LogP contribution is -2.54. The van der Waals surface area contributed by atoms with Crippen molar-refractivity contribution in [3.63, 3.8) is 0 Å². The molecule has 0 atom stereocenters. The van der Waals surface area contributed by atoms with Gasteiger partial charge in [0.1, 0.15) is 5.41 Å². The molecule has 1 aliphatic carbocycles. The van der Waals surface area contributed by atoms with Gasteiger partial charge in [0.15, 0.2) is 0 Å². The van der Waals surface area contributed by atoms with Crippen molar-refractivity contribution < 1.29 is 18.9 Å². The predicted molar refractivity (Wildman–Crippen MR) is 105 cm³/mol. The van der Waals surface area contributed by atoms with Crippen molar-refractivity contribution in [2.24, 2.45) is 5.41 Å². The Labute approximate surface area is 160 Å². The molecule has 144 valence electrons. The smallest absolute Gasteiger partial charge is 0.399 e. The van der Waals surface area contributed by atoms with Crippen LogP contribution in [-0.4, -0.2) is 44.2 Å². The molecular weight excluding hydrogens is 343 g/mol. The van der Waals surface area contributed by atoms with Crippen molar-refractivity contribution in [1.29, 1.82) is 0 Å². The van der Waals surface area contributed by atoms with Gasteiger partial charge in [-0.25, -0.2) is 0 Å². The molecule has 1 aromatic carbocycles. The minimum atomic E-state index is -0.896. The SMILES string of the molecule is CN1C(=O)C2(CCC2)C(=O)N(C)c2cc(B3OC(C)(C)C(C)(C)O3)ccc21. The minimum absolute atomic E-state index is 0.104. The van der Waals surface area contributed by atoms with E-state index in [1.807, 2.05) is 45.9 Å². The van der Waals surface area contributed by atoms with Gasteiger partial charge in [-0.2, -0.15) is 0 Å². The van der Waals surface area contributed by atoms with Gasteiger partial charge in [0.05, 0.1) is 22.6 Å². The number of rotatable bonds is 1. The first-order valence-corrected chi connectivity index (χ1v) is 9.56. The van der Waals surface area contributed by atoms with E-state index in [1.54, 1.807) is 23.9 Å². The van der Waals surface area contributed by atoms with E-state index in [1.165, 1.54) is 0 Å². The lowest BCUT2D eigenvalue weighted by Gasteiger charge is -2.40. The number of nitrogens with zero attached hydrogens (tertiary/aromatic N) is 2. The molecule has 2 aliphatic heterocycles. The van der Waals surface area contributed by atoms with Gasteiger partial charge in [-0.3, -0.25) is 9.59 Å². The maximum Gasteiger partial charge on any atom is 0.494 e. The van der Waals surface area contributed by atoms with E-state index < -0.39 is 23.7 Å². The molecule has 0 bridgehead atoms. The van der Waals surface area contributed by atoms with Gasteiger partial charge >= 0.3 is 7.12 Å². The third-order valence-electron chi connectivity index (χ3n) is 6.88. The fourth-order valence-corrected chi connectivity index (χ4v) is 4.13. The molecule has 1 saturated carbocycles. The Morgan fingerprint density at radius 3 is 1.89 bits per heavy atom. The second kappa shape index (κ2) is 5.58. The van der Waals surface area contributed by atoms with E-state index in [9.17, 15) is 9.59 Å². The zero-order valence-corrected chi connectivity index (χ0v) is 17.0. The Kier molecular flexibility index (Phi) is 3.82. The highest BCUT2D eigenvalue weighted by Gasteiger charge is 2.56. The number of hydrogen-bond acceptors (Lipinski definition) is 4. The lowest BCUT2D eigenvalue weighted by atomic mass is 9.67. The highest BCUT2D eigenvalue weighted by Crippen LogP contribution is 2.48. The van der Waals surface area contributed by atoms with Gasteiger partial charge in [-0.05, 0) is 58.1 Å². The van der Waals surface area contributed by atoms with E-state index in [-0.39, 0.29) is 11.8 Å². The maximum absolute atomic E-state index is 13.1. The monoisotopic (exact) mass is 370 g/mol. The number of carbonyl (C=O) groups excluding carboxylic acids is 2. The maximum atomic E-state index is 13.1. The summed E-state index contributed by atoms with van der Waals surface area (Å²) < 4.78 is 12.3. The van der Waals surface area contributed by atoms with Crippen LogP contribution in [0.4, 0.5) is 11.4 Å². The van der Waals surface area contributed by atoms with Crippen LogP contribution >= 0.6 is 0 Å². The zero-order valence-electron chi connectivity index (χ0n) is 17.0. The molecule has 1 saturated heterocycles. The molecule has 1 aromatic rings. The molecule has 3 aliphatic rings. The first-order chi connectivity index (χ1) is 12.5. The first kappa shape index (κ1) is 18.5. The summed E-state index contributed by atoms with van der Waals surface area (Å²) in [6.45, 7) is 8.05. The summed E-state index contributed by atoms with van der Waals surface area (Å²) in [7, 11) is 3.00. The molecule has 2 amide bonds. The molecule has 0 N–H and O–H groups in total. The van der Waals surface area contributed by atoms with E-state index >= 15 is 0 Å². The van der Waals surface area contributed by atoms with Crippen LogP contribution < -0.4 is 15.3 Å². The van der Waals surface area contributed by atoms with Gasteiger partial charge < -0.3 is 19.1 Å². The summed E-state index contributed by atoms with van der Waals surface area (Å²) in [5.74, 6) is -0.219. The van der Waals surface area contributed by atoms with Crippen molar-refractivity contribution in [2.75, 3.05) is 23.9 Å². The van der Waals surface area contributed by atoms with E-state index in [4.69, 9.17) is 9.31 Å². The molecule has 27 heavy (non-hydrogen) atoms. The van der Waals surface area contributed by atoms with Gasteiger partial charge in [-0.1, -0.05) is 12.5 Å². The number of fused-ring (bicyclic) bond motifs is 1. The molecule has 0 unspecified atom stereocenters. The minimum Gasteiger partial charge on any atom is -0.399 e. The zero-order chi connectivity index (χ0) is 19.8. The quantitative estimate of drug-likeness (QED) is 0.561. The van der Waals surface area contributed by atoms with Crippen LogP contribution in [0.25, 0.3) is 0 Å². The van der Waals surface area contributed by atoms with E-state index in [0.717, 1.165) is 17.6 Å². The van der Waals surface area contributed by atoms with Gasteiger partial charge in [0.25, 0.3) is 0 Å². The van der Waals surface area contributed by atoms with Gasteiger partial charge in [-0.15, -0.1) is 0 Å². The summed E-state index contributed by atoms with van der Waals surface area (Å²) in [6.07, 6.45) is 2.16. The second-order valence-electron chi connectivity index (χ2n) is 9.00. The standard InChI is InChI=1S/C20H27BN2O4/c1-18(2)19(3,4)27-21(26-18)13-8-9-14-15(12-13)23(6)17(25)20(10-7-11-20)16(24)22(14)5/h8-9,12H,7,10-11H2,1-6H3. The number of anilines is 2. The Hall–Kier alpha value is -1.86. The van der Waals surface area contributed by atoms with E-state index in [0.29, 0.717) is 18.5 Å². The van der Waals surface area contributed by atoms with Crippen molar-refractivity contribution in [3.05, 3.63) is 18.2 Å². The molecule has 0 radical (unpaired) electrons. The summed E-state index contributed by atoms with van der Waals surface area (Å²) in [5.41, 5.74) is 0.529. The van der Waals surface area contributed by atoms with Crippen molar-refractivity contribution in [1.82, 2.24) is 0 Å². The summed E-state index contributed by atoms with van der Waals surface area (Å²) >= 11 is 0. The number of amides is 2.